The second-order valence-electron chi connectivity index (χ2n) is 5.19. The minimum atomic E-state index is -0.201. The van der Waals surface area contributed by atoms with Gasteiger partial charge in [0.15, 0.2) is 0 Å². The molecule has 0 bridgehead atoms. The largest absolute Gasteiger partial charge is 0.408 e. The van der Waals surface area contributed by atoms with Gasteiger partial charge in [-0.3, -0.25) is 4.79 Å². The van der Waals surface area contributed by atoms with Crippen molar-refractivity contribution in [3.63, 3.8) is 0 Å². The summed E-state index contributed by atoms with van der Waals surface area (Å²) in [5, 5.41) is 8.10. The van der Waals surface area contributed by atoms with Crippen molar-refractivity contribution in [3.05, 3.63) is 18.5 Å². The number of nitrogens with zero attached hydrogens (tertiary/aromatic N) is 4. The zero-order valence-electron chi connectivity index (χ0n) is 11.1. The predicted molar refractivity (Wildman–Crippen MR) is 69.9 cm³/mol. The van der Waals surface area contributed by atoms with Crippen LogP contribution in [0.4, 0.5) is 6.01 Å². The summed E-state index contributed by atoms with van der Waals surface area (Å²) < 4.78 is 5.64. The molecule has 0 aromatic carbocycles. The number of carbonyl (C=O) groups excluding carboxylic acids is 1. The van der Waals surface area contributed by atoms with Crippen LogP contribution in [0.2, 0.25) is 0 Å². The molecule has 1 saturated carbocycles. The van der Waals surface area contributed by atoms with E-state index in [1.54, 1.807) is 15.9 Å². The van der Waals surface area contributed by atoms with E-state index in [1.165, 1.54) is 0 Å². The molecule has 1 aromatic heterocycles. The molecular formula is C13H18N4O2. The number of rotatable bonds is 5. The molecule has 1 unspecified atom stereocenters. The molecule has 2 heterocycles. The van der Waals surface area contributed by atoms with Gasteiger partial charge >= 0.3 is 6.01 Å². The van der Waals surface area contributed by atoms with E-state index in [9.17, 15) is 4.79 Å². The Morgan fingerprint density at radius 2 is 2.26 bits per heavy atom. The fraction of sp³-hybridized carbons (Fsp3) is 0.615. The normalized spacial score (nSPS) is 22.9. The van der Waals surface area contributed by atoms with Crippen LogP contribution in [0.25, 0.3) is 0 Å². The first-order valence-corrected chi connectivity index (χ1v) is 6.66. The van der Waals surface area contributed by atoms with Crippen LogP contribution >= 0.6 is 0 Å². The van der Waals surface area contributed by atoms with Crippen LogP contribution < -0.4 is 4.90 Å². The zero-order valence-corrected chi connectivity index (χ0v) is 11.1. The van der Waals surface area contributed by atoms with Crippen LogP contribution in [-0.4, -0.2) is 47.2 Å². The van der Waals surface area contributed by atoms with E-state index in [4.69, 9.17) is 4.42 Å². The number of hydrogen-bond acceptors (Lipinski definition) is 5. The Balaban J connectivity index is 1.70. The quantitative estimate of drug-likeness (QED) is 0.745. The lowest BCUT2D eigenvalue weighted by molar-refractivity contribution is -0.128. The highest BCUT2D eigenvalue weighted by atomic mass is 16.4. The molecule has 19 heavy (non-hydrogen) atoms. The maximum Gasteiger partial charge on any atom is 0.318 e. The summed E-state index contributed by atoms with van der Waals surface area (Å²) in [5.74, 6) is 1.25. The highest BCUT2D eigenvalue weighted by Gasteiger charge is 2.36. The lowest BCUT2D eigenvalue weighted by atomic mass is 10.2. The number of hydrogen-bond donors (Lipinski definition) is 0. The van der Waals surface area contributed by atoms with Crippen LogP contribution in [0.1, 0.15) is 31.1 Å². The summed E-state index contributed by atoms with van der Waals surface area (Å²) in [7, 11) is 1.84. The van der Waals surface area contributed by atoms with Crippen LogP contribution in [0.3, 0.4) is 0 Å². The summed E-state index contributed by atoms with van der Waals surface area (Å²) in [6.45, 7) is 5.02. The zero-order chi connectivity index (χ0) is 13.4. The Morgan fingerprint density at radius 3 is 2.95 bits per heavy atom. The first kappa shape index (κ1) is 12.2. The van der Waals surface area contributed by atoms with E-state index < -0.39 is 0 Å². The van der Waals surface area contributed by atoms with E-state index in [0.717, 1.165) is 25.8 Å². The first-order chi connectivity index (χ1) is 9.20. The molecule has 0 spiro atoms. The van der Waals surface area contributed by atoms with E-state index in [1.807, 2.05) is 7.05 Å². The summed E-state index contributed by atoms with van der Waals surface area (Å²) in [6.07, 6.45) is 4.78. The molecule has 1 aliphatic heterocycles. The second kappa shape index (κ2) is 4.68. The molecule has 2 fully saturated rings. The molecule has 6 nitrogen and oxygen atoms in total. The maximum atomic E-state index is 12.2. The standard InChI is InChI=1S/C13H18N4O2/c1-3-7-17-8-6-10(12(17)18)16(2)13-15-14-11(19-13)9-4-5-9/h3,9-10H,1,4-8H2,2H3. The van der Waals surface area contributed by atoms with E-state index in [-0.39, 0.29) is 11.9 Å². The van der Waals surface area contributed by atoms with Crippen LogP contribution in [-0.2, 0) is 4.79 Å². The van der Waals surface area contributed by atoms with Crippen LogP contribution in [0.5, 0.6) is 0 Å². The molecule has 1 atom stereocenters. The molecule has 0 radical (unpaired) electrons. The highest BCUT2D eigenvalue weighted by Crippen LogP contribution is 2.40. The number of carbonyl (C=O) groups is 1. The van der Waals surface area contributed by atoms with Crippen LogP contribution in [0, 0.1) is 0 Å². The van der Waals surface area contributed by atoms with Gasteiger partial charge in [-0.05, 0) is 19.3 Å². The average molecular weight is 262 g/mol. The van der Waals surface area contributed by atoms with Crippen molar-refractivity contribution in [1.29, 1.82) is 0 Å². The predicted octanol–water partition coefficient (Wildman–Crippen LogP) is 1.17. The third-order valence-corrected chi connectivity index (χ3v) is 3.74. The molecule has 3 rings (SSSR count). The first-order valence-electron chi connectivity index (χ1n) is 6.66. The van der Waals surface area contributed by atoms with Gasteiger partial charge in [0.05, 0.1) is 0 Å². The lowest BCUT2D eigenvalue weighted by Crippen LogP contribution is -2.39. The fourth-order valence-corrected chi connectivity index (χ4v) is 2.42. The van der Waals surface area contributed by atoms with E-state index in [2.05, 4.69) is 16.8 Å². The average Bonchev–Trinajstić information content (AvgIpc) is 3.03. The smallest absolute Gasteiger partial charge is 0.318 e. The number of likely N-dealkylation sites (N-methyl/N-ethyl adjacent to an activating group) is 1. The number of likely N-dealkylation sites (tertiary alicyclic amines) is 1. The van der Waals surface area contributed by atoms with Crippen molar-refractivity contribution in [2.24, 2.45) is 0 Å². The molecular weight excluding hydrogens is 244 g/mol. The topological polar surface area (TPSA) is 62.5 Å². The molecule has 1 amide bonds. The van der Waals surface area contributed by atoms with Gasteiger partial charge in [0.1, 0.15) is 6.04 Å². The molecule has 1 aromatic rings. The van der Waals surface area contributed by atoms with Crippen molar-refractivity contribution in [1.82, 2.24) is 15.1 Å². The number of amides is 1. The van der Waals surface area contributed by atoms with Gasteiger partial charge < -0.3 is 14.2 Å². The summed E-state index contributed by atoms with van der Waals surface area (Å²) in [5.41, 5.74) is 0. The van der Waals surface area contributed by atoms with Crippen LogP contribution in [0.15, 0.2) is 17.1 Å². The molecule has 0 N–H and O–H groups in total. The second-order valence-corrected chi connectivity index (χ2v) is 5.19. The summed E-state index contributed by atoms with van der Waals surface area (Å²) in [4.78, 5) is 15.8. The van der Waals surface area contributed by atoms with Crippen molar-refractivity contribution >= 4 is 11.9 Å². The minimum Gasteiger partial charge on any atom is -0.408 e. The van der Waals surface area contributed by atoms with Crippen molar-refractivity contribution in [3.8, 4) is 0 Å². The number of anilines is 1. The minimum absolute atomic E-state index is 0.105. The van der Waals surface area contributed by atoms with Gasteiger partial charge in [-0.25, -0.2) is 0 Å². The van der Waals surface area contributed by atoms with Gasteiger partial charge in [0.2, 0.25) is 11.8 Å². The Morgan fingerprint density at radius 1 is 1.47 bits per heavy atom. The van der Waals surface area contributed by atoms with E-state index >= 15 is 0 Å². The third kappa shape index (κ3) is 2.22. The molecule has 1 saturated heterocycles. The van der Waals surface area contributed by atoms with E-state index in [0.29, 0.717) is 24.4 Å². The van der Waals surface area contributed by atoms with Gasteiger partial charge in [-0.2, -0.15) is 0 Å². The SMILES string of the molecule is C=CCN1CCC(N(C)c2nnc(C3CC3)o2)C1=O. The van der Waals surface area contributed by atoms with Gasteiger partial charge in [0, 0.05) is 26.1 Å². The van der Waals surface area contributed by atoms with Gasteiger partial charge in [-0.15, -0.1) is 11.7 Å². The molecule has 6 heteroatoms. The molecule has 1 aliphatic carbocycles. The monoisotopic (exact) mass is 262 g/mol. The summed E-state index contributed by atoms with van der Waals surface area (Å²) >= 11 is 0. The molecule has 102 valence electrons. The lowest BCUT2D eigenvalue weighted by Gasteiger charge is -2.21. The van der Waals surface area contributed by atoms with Crippen molar-refractivity contribution in [2.75, 3.05) is 25.0 Å². The Bertz CT molecular complexity index is 495. The van der Waals surface area contributed by atoms with Crippen molar-refractivity contribution in [2.45, 2.75) is 31.2 Å². The highest BCUT2D eigenvalue weighted by molar-refractivity contribution is 5.86. The number of aromatic nitrogens is 2. The Hall–Kier alpha value is -1.85. The molecule has 2 aliphatic rings. The maximum absolute atomic E-state index is 12.2. The van der Waals surface area contributed by atoms with Gasteiger partial charge in [-0.1, -0.05) is 11.2 Å². The third-order valence-electron chi connectivity index (χ3n) is 3.74. The Labute approximate surface area is 112 Å². The van der Waals surface area contributed by atoms with Crippen molar-refractivity contribution < 1.29 is 9.21 Å². The summed E-state index contributed by atoms with van der Waals surface area (Å²) in [6, 6.07) is 0.244. The Kier molecular flexibility index (Phi) is 3.00. The fourth-order valence-electron chi connectivity index (χ4n) is 2.42. The van der Waals surface area contributed by atoms with Gasteiger partial charge in [0.25, 0.3) is 0 Å².